The fourth-order valence-electron chi connectivity index (χ4n) is 2.06. The Morgan fingerprint density at radius 3 is 2.32 bits per heavy atom. The molecule has 3 heteroatoms. The van der Waals surface area contributed by atoms with Gasteiger partial charge in [0.15, 0.2) is 0 Å². The lowest BCUT2D eigenvalue weighted by atomic mass is 10.1. The van der Waals surface area contributed by atoms with E-state index < -0.39 is 0 Å². The molecule has 108 valence electrons. The van der Waals surface area contributed by atoms with Crippen molar-refractivity contribution in [1.29, 1.82) is 0 Å². The molecule has 0 amide bonds. The molecule has 0 fully saturated rings. The molecule has 0 aliphatic heterocycles. The topological polar surface area (TPSA) is 21.3 Å². The average Bonchev–Trinajstić information content (AvgIpc) is 2.39. The predicted molar refractivity (Wildman–Crippen MR) is 83.4 cm³/mol. The molecule has 0 aromatic heterocycles. The quantitative estimate of drug-likeness (QED) is 0.674. The predicted octanol–water partition coefficient (Wildman–Crippen LogP) is 4.51. The van der Waals surface area contributed by atoms with Crippen LogP contribution in [0.1, 0.15) is 43.7 Å². The van der Waals surface area contributed by atoms with Gasteiger partial charge in [-0.2, -0.15) is 0 Å². The number of benzene rings is 1. The lowest BCUT2D eigenvalue weighted by Gasteiger charge is -2.10. The van der Waals surface area contributed by atoms with E-state index in [0.29, 0.717) is 0 Å². The highest BCUT2D eigenvalue weighted by atomic mass is 35.5. The molecule has 0 unspecified atom stereocenters. The summed E-state index contributed by atoms with van der Waals surface area (Å²) in [6.07, 6.45) is 4.88. The highest BCUT2D eigenvalue weighted by Gasteiger charge is 2.03. The minimum absolute atomic E-state index is 0.793. The van der Waals surface area contributed by atoms with E-state index in [0.717, 1.165) is 48.0 Å². The maximum atomic E-state index is 6.13. The molecule has 1 rings (SSSR count). The van der Waals surface area contributed by atoms with Gasteiger partial charge in [0.25, 0.3) is 0 Å². The maximum Gasteiger partial charge on any atom is 0.119 e. The van der Waals surface area contributed by atoms with Crippen LogP contribution >= 0.6 is 11.6 Å². The second-order valence-electron chi connectivity index (χ2n) is 4.99. The van der Waals surface area contributed by atoms with Gasteiger partial charge in [-0.25, -0.2) is 0 Å². The van der Waals surface area contributed by atoms with Crippen molar-refractivity contribution < 1.29 is 4.74 Å². The van der Waals surface area contributed by atoms with E-state index in [1.54, 1.807) is 0 Å². The summed E-state index contributed by atoms with van der Waals surface area (Å²) in [5, 5.41) is 4.18. The fourth-order valence-corrected chi connectivity index (χ4v) is 2.17. The first kappa shape index (κ1) is 16.3. The molecule has 0 heterocycles. The van der Waals surface area contributed by atoms with Crippen molar-refractivity contribution in [2.75, 3.05) is 19.7 Å². The average molecular weight is 284 g/mol. The van der Waals surface area contributed by atoms with Gasteiger partial charge in [-0.1, -0.05) is 31.4 Å². The lowest BCUT2D eigenvalue weighted by molar-refractivity contribution is 0.304. The van der Waals surface area contributed by atoms with E-state index in [2.05, 4.69) is 12.2 Å². The Morgan fingerprint density at radius 2 is 1.68 bits per heavy atom. The van der Waals surface area contributed by atoms with Crippen LogP contribution in [0.5, 0.6) is 5.75 Å². The highest BCUT2D eigenvalue weighted by Crippen LogP contribution is 2.25. The van der Waals surface area contributed by atoms with Crippen LogP contribution in [0.15, 0.2) is 12.1 Å². The van der Waals surface area contributed by atoms with Crippen LogP contribution in [0, 0.1) is 13.8 Å². The van der Waals surface area contributed by atoms with Gasteiger partial charge in [0.2, 0.25) is 0 Å². The zero-order valence-corrected chi connectivity index (χ0v) is 13.1. The second kappa shape index (κ2) is 9.22. The third-order valence-corrected chi connectivity index (χ3v) is 3.77. The Balaban J connectivity index is 2.16. The van der Waals surface area contributed by atoms with Crippen molar-refractivity contribution in [3.05, 3.63) is 28.3 Å². The molecule has 0 aliphatic carbocycles. The number of rotatable bonds is 9. The van der Waals surface area contributed by atoms with E-state index in [1.165, 1.54) is 19.3 Å². The molecule has 1 aromatic carbocycles. The Labute approximate surface area is 122 Å². The van der Waals surface area contributed by atoms with E-state index >= 15 is 0 Å². The monoisotopic (exact) mass is 283 g/mol. The van der Waals surface area contributed by atoms with E-state index in [4.69, 9.17) is 16.3 Å². The molecule has 0 saturated carbocycles. The van der Waals surface area contributed by atoms with Gasteiger partial charge in [0.1, 0.15) is 5.75 Å². The van der Waals surface area contributed by atoms with Crippen molar-refractivity contribution in [1.82, 2.24) is 5.32 Å². The van der Waals surface area contributed by atoms with Crippen LogP contribution in [-0.4, -0.2) is 19.7 Å². The molecule has 0 bridgehead atoms. The van der Waals surface area contributed by atoms with Crippen LogP contribution in [-0.2, 0) is 0 Å². The van der Waals surface area contributed by atoms with Crippen molar-refractivity contribution in [2.24, 2.45) is 0 Å². The Kier molecular flexibility index (Phi) is 7.92. The minimum atomic E-state index is 0.793. The number of hydrogen-bond donors (Lipinski definition) is 1. The van der Waals surface area contributed by atoms with Crippen LogP contribution in [0.2, 0.25) is 5.02 Å². The number of nitrogens with one attached hydrogen (secondary N) is 1. The molecule has 19 heavy (non-hydrogen) atoms. The molecular weight excluding hydrogens is 258 g/mol. The summed E-state index contributed by atoms with van der Waals surface area (Å²) < 4.78 is 5.78. The number of unbranched alkanes of at least 4 members (excludes halogenated alkanes) is 3. The third-order valence-electron chi connectivity index (χ3n) is 3.18. The first-order valence-corrected chi connectivity index (χ1v) is 7.63. The summed E-state index contributed by atoms with van der Waals surface area (Å²) >= 11 is 6.13. The normalized spacial score (nSPS) is 10.7. The molecule has 0 aliphatic rings. The Hall–Kier alpha value is -0.730. The molecular formula is C16H26ClNO. The molecule has 0 radical (unpaired) electrons. The van der Waals surface area contributed by atoms with Gasteiger partial charge in [-0.15, -0.1) is 0 Å². The van der Waals surface area contributed by atoms with Crippen LogP contribution < -0.4 is 10.1 Å². The maximum absolute atomic E-state index is 6.13. The first-order valence-electron chi connectivity index (χ1n) is 7.25. The third kappa shape index (κ3) is 6.31. The summed E-state index contributed by atoms with van der Waals surface area (Å²) in [6.45, 7) is 9.17. The summed E-state index contributed by atoms with van der Waals surface area (Å²) in [6, 6.07) is 4.03. The molecule has 0 saturated heterocycles. The number of hydrogen-bond acceptors (Lipinski definition) is 2. The summed E-state index contributed by atoms with van der Waals surface area (Å²) in [4.78, 5) is 0. The second-order valence-corrected chi connectivity index (χ2v) is 5.37. The van der Waals surface area contributed by atoms with E-state index in [-0.39, 0.29) is 0 Å². The fraction of sp³-hybridized carbons (Fsp3) is 0.625. The van der Waals surface area contributed by atoms with Gasteiger partial charge < -0.3 is 10.1 Å². The van der Waals surface area contributed by atoms with Gasteiger partial charge in [-0.05, 0) is 63.0 Å². The highest BCUT2D eigenvalue weighted by molar-refractivity contribution is 6.32. The SMILES string of the molecule is CCNCCCCCCOc1cc(C)c(Cl)c(C)c1. The minimum Gasteiger partial charge on any atom is -0.494 e. The first-order chi connectivity index (χ1) is 9.15. The molecule has 0 spiro atoms. The Bertz CT molecular complexity index is 356. The molecule has 1 aromatic rings. The summed E-state index contributed by atoms with van der Waals surface area (Å²) in [5.74, 6) is 0.937. The zero-order valence-electron chi connectivity index (χ0n) is 12.4. The van der Waals surface area contributed by atoms with Crippen LogP contribution in [0.3, 0.4) is 0 Å². The van der Waals surface area contributed by atoms with Gasteiger partial charge >= 0.3 is 0 Å². The smallest absolute Gasteiger partial charge is 0.119 e. The van der Waals surface area contributed by atoms with Crippen LogP contribution in [0.4, 0.5) is 0 Å². The molecule has 1 N–H and O–H groups in total. The van der Waals surface area contributed by atoms with Crippen LogP contribution in [0.25, 0.3) is 0 Å². The molecule has 0 atom stereocenters. The Morgan fingerprint density at radius 1 is 1.05 bits per heavy atom. The van der Waals surface area contributed by atoms with Crippen molar-refractivity contribution in [3.63, 3.8) is 0 Å². The zero-order chi connectivity index (χ0) is 14.1. The van der Waals surface area contributed by atoms with E-state index in [9.17, 15) is 0 Å². The number of ether oxygens (including phenoxy) is 1. The number of aryl methyl sites for hydroxylation is 2. The summed E-state index contributed by atoms with van der Waals surface area (Å²) in [5.41, 5.74) is 2.17. The van der Waals surface area contributed by atoms with E-state index in [1.807, 2.05) is 26.0 Å². The van der Waals surface area contributed by atoms with Gasteiger partial charge in [-0.3, -0.25) is 0 Å². The van der Waals surface area contributed by atoms with Gasteiger partial charge in [0, 0.05) is 5.02 Å². The summed E-state index contributed by atoms with van der Waals surface area (Å²) in [7, 11) is 0. The van der Waals surface area contributed by atoms with Crippen molar-refractivity contribution in [2.45, 2.75) is 46.5 Å². The standard InChI is InChI=1S/C16H26ClNO/c1-4-18-9-7-5-6-8-10-19-15-11-13(2)16(17)14(3)12-15/h11-12,18H,4-10H2,1-3H3. The van der Waals surface area contributed by atoms with Gasteiger partial charge in [0.05, 0.1) is 6.61 Å². The largest absolute Gasteiger partial charge is 0.494 e. The van der Waals surface area contributed by atoms with Crippen molar-refractivity contribution >= 4 is 11.6 Å². The lowest BCUT2D eigenvalue weighted by Crippen LogP contribution is -2.13. The number of halogens is 1. The molecule has 2 nitrogen and oxygen atoms in total. The van der Waals surface area contributed by atoms with Crippen molar-refractivity contribution in [3.8, 4) is 5.75 Å².